The van der Waals surface area contributed by atoms with Crippen LogP contribution in [0.15, 0.2) is 42.7 Å². The molecule has 160 valence electrons. The Labute approximate surface area is 178 Å². The van der Waals surface area contributed by atoms with Gasteiger partial charge in [0.25, 0.3) is 11.8 Å². The predicted octanol–water partition coefficient (Wildman–Crippen LogP) is 2.04. The van der Waals surface area contributed by atoms with E-state index in [0.717, 1.165) is 0 Å². The lowest BCUT2D eigenvalue weighted by Gasteiger charge is -2.21. The second-order valence-electron chi connectivity index (χ2n) is 6.74. The van der Waals surface area contributed by atoms with Crippen molar-refractivity contribution in [2.45, 2.75) is 0 Å². The third kappa shape index (κ3) is 3.77. The Kier molecular flexibility index (Phi) is 5.48. The van der Waals surface area contributed by atoms with Crippen molar-refractivity contribution < 1.29 is 23.8 Å². The van der Waals surface area contributed by atoms with Crippen LogP contribution in [0.4, 0.5) is 0 Å². The van der Waals surface area contributed by atoms with E-state index in [1.807, 2.05) is 6.07 Å². The van der Waals surface area contributed by atoms with Crippen molar-refractivity contribution in [1.82, 2.24) is 20.2 Å². The van der Waals surface area contributed by atoms with E-state index < -0.39 is 0 Å². The molecule has 2 N–H and O–H groups in total. The Morgan fingerprint density at radius 3 is 2.16 bits per heavy atom. The molecule has 0 saturated heterocycles. The summed E-state index contributed by atoms with van der Waals surface area (Å²) in [6.45, 7) is 0.926. The maximum atomic E-state index is 12.3. The number of methoxy groups -OCH3 is 1. The van der Waals surface area contributed by atoms with E-state index in [1.54, 1.807) is 48.3 Å². The molecule has 9 heteroatoms. The quantitative estimate of drug-likeness (QED) is 0.652. The molecule has 3 aromatic rings. The maximum Gasteiger partial charge on any atom is 0.251 e. The van der Waals surface area contributed by atoms with Gasteiger partial charge in [-0.15, -0.1) is 0 Å². The number of ether oxygens (including phenoxy) is 3. The average Bonchev–Trinajstić information content (AvgIpc) is 3.31. The lowest BCUT2D eigenvalue weighted by molar-refractivity contribution is 0.0962. The topological polar surface area (TPSA) is 104 Å². The number of aromatic nitrogens is 2. The van der Waals surface area contributed by atoms with Crippen molar-refractivity contribution in [3.8, 4) is 34.3 Å². The van der Waals surface area contributed by atoms with E-state index in [2.05, 4.69) is 15.6 Å². The van der Waals surface area contributed by atoms with Crippen LogP contribution in [0.3, 0.4) is 0 Å². The number of hydrogen-bond donors (Lipinski definition) is 2. The number of hydrogen-bond acceptors (Lipinski definition) is 6. The van der Waals surface area contributed by atoms with Gasteiger partial charge in [-0.25, -0.2) is 4.98 Å². The van der Waals surface area contributed by atoms with E-state index in [4.69, 9.17) is 14.2 Å². The van der Waals surface area contributed by atoms with Crippen molar-refractivity contribution in [3.63, 3.8) is 0 Å². The number of nitrogens with zero attached hydrogens (tertiary/aromatic N) is 2. The highest BCUT2D eigenvalue weighted by Crippen LogP contribution is 2.41. The smallest absolute Gasteiger partial charge is 0.251 e. The van der Waals surface area contributed by atoms with Crippen LogP contribution in [0.2, 0.25) is 0 Å². The first-order valence-corrected chi connectivity index (χ1v) is 9.66. The van der Waals surface area contributed by atoms with Gasteiger partial charge in [0.05, 0.1) is 12.7 Å². The van der Waals surface area contributed by atoms with Crippen LogP contribution in [-0.2, 0) is 0 Å². The predicted molar refractivity (Wildman–Crippen MR) is 113 cm³/mol. The summed E-state index contributed by atoms with van der Waals surface area (Å²) in [5.41, 5.74) is 1.99. The van der Waals surface area contributed by atoms with Crippen molar-refractivity contribution in [1.29, 1.82) is 0 Å². The molecule has 0 saturated carbocycles. The van der Waals surface area contributed by atoms with Gasteiger partial charge in [0.1, 0.15) is 24.8 Å². The number of carbonyl (C=O) groups excluding carboxylic acids is 2. The van der Waals surface area contributed by atoms with Crippen LogP contribution in [0.5, 0.6) is 17.2 Å². The fourth-order valence-corrected chi connectivity index (χ4v) is 3.43. The van der Waals surface area contributed by atoms with Crippen molar-refractivity contribution >= 4 is 11.8 Å². The molecule has 0 radical (unpaired) electrons. The molecule has 2 heterocycles. The molecule has 1 aliphatic rings. The highest BCUT2D eigenvalue weighted by Gasteiger charge is 2.21. The first kappa shape index (κ1) is 20.3. The van der Waals surface area contributed by atoms with Gasteiger partial charge in [0, 0.05) is 49.4 Å². The number of nitrogens with one attached hydrogen (secondary N) is 2. The molecule has 1 aromatic heterocycles. The molecular weight excluding hydrogens is 400 g/mol. The lowest BCUT2D eigenvalue weighted by atomic mass is 10.1. The Morgan fingerprint density at radius 2 is 1.58 bits per heavy atom. The van der Waals surface area contributed by atoms with E-state index >= 15 is 0 Å². The van der Waals surface area contributed by atoms with Gasteiger partial charge in [-0.1, -0.05) is 0 Å². The van der Waals surface area contributed by atoms with Crippen LogP contribution in [0, 0.1) is 0 Å². The van der Waals surface area contributed by atoms with Crippen LogP contribution >= 0.6 is 0 Å². The van der Waals surface area contributed by atoms with Gasteiger partial charge < -0.3 is 24.8 Å². The number of rotatable bonds is 5. The molecule has 0 aliphatic carbocycles. The van der Waals surface area contributed by atoms with Gasteiger partial charge in [0.2, 0.25) is 0 Å². The molecule has 0 atom stereocenters. The fourth-order valence-electron chi connectivity index (χ4n) is 3.43. The Morgan fingerprint density at radius 1 is 0.968 bits per heavy atom. The first-order valence-electron chi connectivity index (χ1n) is 9.66. The van der Waals surface area contributed by atoms with Gasteiger partial charge in [-0.2, -0.15) is 0 Å². The molecule has 4 rings (SSSR count). The molecule has 0 fully saturated rings. The summed E-state index contributed by atoms with van der Waals surface area (Å²) < 4.78 is 18.7. The Balaban J connectivity index is 1.88. The van der Waals surface area contributed by atoms with Crippen molar-refractivity contribution in [3.05, 3.63) is 53.9 Å². The van der Waals surface area contributed by atoms with Crippen LogP contribution < -0.4 is 24.8 Å². The standard InChI is InChI=1S/C22H22N4O5/c1-23-21(27)13-8-14(22(28)24-2)10-15(9-13)26-5-4-25-20(26)16-11-18-19(12-17(16)29-3)31-7-6-30-18/h4-5,8-12H,6-7H2,1-3H3,(H,23,27)(H,24,28). The van der Waals surface area contributed by atoms with Gasteiger partial charge in [-0.3, -0.25) is 14.2 Å². The van der Waals surface area contributed by atoms with Crippen molar-refractivity contribution in [2.24, 2.45) is 0 Å². The average molecular weight is 422 g/mol. The molecular formula is C22H22N4O5. The normalized spacial score (nSPS) is 12.2. The van der Waals surface area contributed by atoms with Crippen LogP contribution in [0.25, 0.3) is 17.1 Å². The Hall–Kier alpha value is -4.01. The summed E-state index contributed by atoms with van der Waals surface area (Å²) in [5.74, 6) is 1.72. The minimum atomic E-state index is -0.300. The van der Waals surface area contributed by atoms with Crippen LogP contribution in [0.1, 0.15) is 20.7 Å². The van der Waals surface area contributed by atoms with Gasteiger partial charge in [0.15, 0.2) is 11.5 Å². The summed E-state index contributed by atoms with van der Waals surface area (Å²) in [4.78, 5) is 29.1. The summed E-state index contributed by atoms with van der Waals surface area (Å²) >= 11 is 0. The second kappa shape index (κ2) is 8.39. The number of carbonyl (C=O) groups is 2. The summed E-state index contributed by atoms with van der Waals surface area (Å²) in [5, 5.41) is 5.18. The minimum absolute atomic E-state index is 0.300. The third-order valence-corrected chi connectivity index (χ3v) is 4.92. The number of imidazole rings is 1. The van der Waals surface area contributed by atoms with Gasteiger partial charge in [-0.05, 0) is 24.3 Å². The van der Waals surface area contributed by atoms with Gasteiger partial charge >= 0.3 is 0 Å². The lowest BCUT2D eigenvalue weighted by Crippen LogP contribution is -2.22. The molecule has 0 spiro atoms. The monoisotopic (exact) mass is 422 g/mol. The molecule has 31 heavy (non-hydrogen) atoms. The number of benzene rings is 2. The molecule has 2 aromatic carbocycles. The molecule has 1 aliphatic heterocycles. The van der Waals surface area contributed by atoms with E-state index in [0.29, 0.717) is 58.7 Å². The van der Waals surface area contributed by atoms with E-state index in [9.17, 15) is 9.59 Å². The zero-order valence-electron chi connectivity index (χ0n) is 17.4. The number of fused-ring (bicyclic) bond motifs is 1. The Bertz CT molecular complexity index is 1120. The van der Waals surface area contributed by atoms with Crippen molar-refractivity contribution in [2.75, 3.05) is 34.4 Å². The fraction of sp³-hybridized carbons (Fsp3) is 0.227. The van der Waals surface area contributed by atoms with E-state index in [1.165, 1.54) is 14.1 Å². The maximum absolute atomic E-state index is 12.3. The molecule has 2 amide bonds. The number of amides is 2. The first-order chi connectivity index (χ1) is 15.0. The molecule has 0 unspecified atom stereocenters. The highest BCUT2D eigenvalue weighted by atomic mass is 16.6. The highest BCUT2D eigenvalue weighted by molar-refractivity contribution is 6.00. The second-order valence-corrected chi connectivity index (χ2v) is 6.74. The zero-order chi connectivity index (χ0) is 22.0. The largest absolute Gasteiger partial charge is 0.496 e. The summed E-state index contributed by atoms with van der Waals surface area (Å²) in [6, 6.07) is 8.51. The summed E-state index contributed by atoms with van der Waals surface area (Å²) in [7, 11) is 4.65. The SMILES string of the molecule is CNC(=O)c1cc(C(=O)NC)cc(-n2ccnc2-c2cc3c(cc2OC)OCCO3)c1. The third-order valence-electron chi connectivity index (χ3n) is 4.92. The molecule has 9 nitrogen and oxygen atoms in total. The van der Waals surface area contributed by atoms with Crippen LogP contribution in [-0.4, -0.2) is 55.8 Å². The summed E-state index contributed by atoms with van der Waals surface area (Å²) in [6.07, 6.45) is 3.39. The zero-order valence-corrected chi connectivity index (χ0v) is 17.4. The van der Waals surface area contributed by atoms with E-state index in [-0.39, 0.29) is 11.8 Å². The molecule has 0 bridgehead atoms. The minimum Gasteiger partial charge on any atom is -0.496 e.